The summed E-state index contributed by atoms with van der Waals surface area (Å²) < 4.78 is 27.8. The lowest BCUT2D eigenvalue weighted by atomic mass is 10.2. The molecule has 0 amide bonds. The quantitative estimate of drug-likeness (QED) is 0.774. The summed E-state index contributed by atoms with van der Waals surface area (Å²) in [6, 6.07) is 6.40. The zero-order valence-electron chi connectivity index (χ0n) is 8.34. The van der Waals surface area contributed by atoms with E-state index in [1.165, 1.54) is 19.4 Å². The Morgan fingerprint density at radius 3 is 2.69 bits per heavy atom. The average Bonchev–Trinajstić information content (AvgIpc) is 2.26. The Kier molecular flexibility index (Phi) is 2.73. The predicted molar refractivity (Wildman–Crippen MR) is 61.3 cm³/mol. The van der Waals surface area contributed by atoms with Gasteiger partial charge in [-0.15, -0.1) is 0 Å². The Morgan fingerprint density at radius 1 is 1.31 bits per heavy atom. The minimum absolute atomic E-state index is 0.00873. The first-order chi connectivity index (χ1) is 7.54. The lowest BCUT2D eigenvalue weighted by Gasteiger charge is -2.06. The number of nitrogens with zero attached hydrogens (tertiary/aromatic N) is 1. The lowest BCUT2D eigenvalue weighted by Crippen LogP contribution is -1.95. The number of hydrogen-bond acceptors (Lipinski definition) is 4. The van der Waals surface area contributed by atoms with Gasteiger partial charge in [-0.05, 0) is 18.2 Å². The van der Waals surface area contributed by atoms with Crippen molar-refractivity contribution in [1.82, 2.24) is 4.98 Å². The molecule has 0 aliphatic rings. The van der Waals surface area contributed by atoms with E-state index in [9.17, 15) is 8.42 Å². The summed E-state index contributed by atoms with van der Waals surface area (Å²) in [6.07, 6.45) is 1.48. The molecular weight excluding hydrogens is 250 g/mol. The van der Waals surface area contributed by atoms with E-state index in [-0.39, 0.29) is 4.90 Å². The topological polar surface area (TPSA) is 56.3 Å². The molecular formula is C10H8ClNO3S. The molecule has 0 bridgehead atoms. The minimum Gasteiger partial charge on any atom is -0.496 e. The molecule has 0 spiro atoms. The second-order valence-electron chi connectivity index (χ2n) is 3.10. The highest BCUT2D eigenvalue weighted by Gasteiger charge is 2.16. The number of fused-ring (bicyclic) bond motifs is 1. The molecule has 1 aromatic heterocycles. The van der Waals surface area contributed by atoms with E-state index in [1.54, 1.807) is 18.2 Å². The molecule has 16 heavy (non-hydrogen) atoms. The number of hydrogen-bond donors (Lipinski definition) is 0. The smallest absolute Gasteiger partial charge is 0.263 e. The van der Waals surface area contributed by atoms with E-state index in [2.05, 4.69) is 4.98 Å². The summed E-state index contributed by atoms with van der Waals surface area (Å²) in [7, 11) is 3.03. The van der Waals surface area contributed by atoms with Crippen molar-refractivity contribution < 1.29 is 13.2 Å². The number of para-hydroxylation sites is 1. The zero-order valence-corrected chi connectivity index (χ0v) is 9.92. The molecule has 2 aromatic rings. The minimum atomic E-state index is -3.80. The maximum absolute atomic E-state index is 11.3. The van der Waals surface area contributed by atoms with E-state index < -0.39 is 9.05 Å². The van der Waals surface area contributed by atoms with E-state index >= 15 is 0 Å². The molecule has 0 saturated heterocycles. The van der Waals surface area contributed by atoms with Crippen LogP contribution in [0.4, 0.5) is 0 Å². The van der Waals surface area contributed by atoms with Gasteiger partial charge in [0, 0.05) is 22.3 Å². The van der Waals surface area contributed by atoms with Crippen LogP contribution in [0.5, 0.6) is 5.75 Å². The highest BCUT2D eigenvalue weighted by Crippen LogP contribution is 2.29. The molecule has 2 rings (SSSR count). The number of aromatic nitrogens is 1. The van der Waals surface area contributed by atoms with Crippen molar-refractivity contribution in [3.8, 4) is 5.75 Å². The number of methoxy groups -OCH3 is 1. The van der Waals surface area contributed by atoms with Crippen LogP contribution in [0, 0.1) is 0 Å². The van der Waals surface area contributed by atoms with Crippen molar-refractivity contribution in [3.63, 3.8) is 0 Å². The van der Waals surface area contributed by atoms with Gasteiger partial charge >= 0.3 is 0 Å². The van der Waals surface area contributed by atoms with Gasteiger partial charge in [0.2, 0.25) is 0 Å². The molecule has 0 aliphatic carbocycles. The van der Waals surface area contributed by atoms with Crippen molar-refractivity contribution in [2.75, 3.05) is 7.11 Å². The third-order valence-corrected chi connectivity index (χ3v) is 3.53. The molecule has 84 valence electrons. The summed E-state index contributed by atoms with van der Waals surface area (Å²) in [6.45, 7) is 0. The molecule has 0 radical (unpaired) electrons. The summed E-state index contributed by atoms with van der Waals surface area (Å²) >= 11 is 0. The summed E-state index contributed by atoms with van der Waals surface area (Å²) in [4.78, 5) is 4.00. The molecule has 1 aromatic carbocycles. The fraction of sp³-hybridized carbons (Fsp3) is 0.100. The first-order valence-corrected chi connectivity index (χ1v) is 6.71. The van der Waals surface area contributed by atoms with E-state index in [0.717, 1.165) is 0 Å². The lowest BCUT2D eigenvalue weighted by molar-refractivity contribution is 0.419. The van der Waals surface area contributed by atoms with Crippen molar-refractivity contribution in [3.05, 3.63) is 30.5 Å². The van der Waals surface area contributed by atoms with Crippen LogP contribution in [0.3, 0.4) is 0 Å². The van der Waals surface area contributed by atoms with Gasteiger partial charge < -0.3 is 4.74 Å². The molecule has 0 saturated carbocycles. The molecule has 0 aliphatic heterocycles. The van der Waals surface area contributed by atoms with Gasteiger partial charge in [0.25, 0.3) is 9.05 Å². The van der Waals surface area contributed by atoms with Crippen molar-refractivity contribution in [2.24, 2.45) is 0 Å². The molecule has 0 unspecified atom stereocenters. The third kappa shape index (κ3) is 1.83. The van der Waals surface area contributed by atoms with Crippen LogP contribution in [-0.2, 0) is 9.05 Å². The van der Waals surface area contributed by atoms with Crippen LogP contribution in [0.2, 0.25) is 0 Å². The van der Waals surface area contributed by atoms with Crippen LogP contribution in [0.1, 0.15) is 0 Å². The molecule has 1 heterocycles. The van der Waals surface area contributed by atoms with Gasteiger partial charge in [0.15, 0.2) is 0 Å². The van der Waals surface area contributed by atoms with Gasteiger partial charge in [-0.25, -0.2) is 8.42 Å². The van der Waals surface area contributed by atoms with Gasteiger partial charge in [-0.2, -0.15) is 0 Å². The van der Waals surface area contributed by atoms with Gasteiger partial charge in [0.05, 0.1) is 12.6 Å². The Balaban J connectivity index is 2.90. The number of pyridine rings is 1. The summed E-state index contributed by atoms with van der Waals surface area (Å²) in [5.74, 6) is 0.562. The second kappa shape index (κ2) is 3.92. The first-order valence-electron chi connectivity index (χ1n) is 4.40. The van der Waals surface area contributed by atoms with E-state index in [1.807, 2.05) is 0 Å². The SMILES string of the molecule is COc1ccnc2c(S(=O)(=O)Cl)cccc12. The van der Waals surface area contributed by atoms with Gasteiger partial charge in [-0.3, -0.25) is 4.98 Å². The highest BCUT2D eigenvalue weighted by molar-refractivity contribution is 8.14. The number of benzene rings is 1. The van der Waals surface area contributed by atoms with Crippen LogP contribution >= 0.6 is 10.7 Å². The molecule has 4 nitrogen and oxygen atoms in total. The molecule has 6 heteroatoms. The van der Waals surface area contributed by atoms with E-state index in [4.69, 9.17) is 15.4 Å². The van der Waals surface area contributed by atoms with Crippen LogP contribution < -0.4 is 4.74 Å². The third-order valence-electron chi connectivity index (χ3n) is 2.18. The second-order valence-corrected chi connectivity index (χ2v) is 5.64. The van der Waals surface area contributed by atoms with Crippen molar-refractivity contribution in [1.29, 1.82) is 0 Å². The Labute approximate surface area is 97.2 Å². The first kappa shape index (κ1) is 11.2. The van der Waals surface area contributed by atoms with Crippen LogP contribution in [0.15, 0.2) is 35.4 Å². The monoisotopic (exact) mass is 257 g/mol. The maximum Gasteiger partial charge on any atom is 0.263 e. The fourth-order valence-corrected chi connectivity index (χ4v) is 2.51. The van der Waals surface area contributed by atoms with Gasteiger partial charge in [0.1, 0.15) is 10.6 Å². The fourth-order valence-electron chi connectivity index (χ4n) is 1.50. The average molecular weight is 258 g/mol. The zero-order chi connectivity index (χ0) is 11.8. The van der Waals surface area contributed by atoms with Crippen LogP contribution in [-0.4, -0.2) is 20.5 Å². The Hall–Kier alpha value is -1.33. The van der Waals surface area contributed by atoms with Crippen LogP contribution in [0.25, 0.3) is 10.9 Å². The highest BCUT2D eigenvalue weighted by atomic mass is 35.7. The maximum atomic E-state index is 11.3. The molecule has 0 N–H and O–H groups in total. The number of rotatable bonds is 2. The largest absolute Gasteiger partial charge is 0.496 e. The molecule has 0 atom stereocenters. The standard InChI is InChI=1S/C10H8ClNO3S/c1-15-8-5-6-12-10-7(8)3-2-4-9(10)16(11,13)14/h2-6H,1H3. The van der Waals surface area contributed by atoms with Crippen molar-refractivity contribution in [2.45, 2.75) is 4.90 Å². The normalized spacial score (nSPS) is 11.6. The van der Waals surface area contributed by atoms with Crippen molar-refractivity contribution >= 4 is 30.6 Å². The van der Waals surface area contributed by atoms with Gasteiger partial charge in [-0.1, -0.05) is 6.07 Å². The number of halogens is 1. The predicted octanol–water partition coefficient (Wildman–Crippen LogP) is 2.17. The Morgan fingerprint density at radius 2 is 2.06 bits per heavy atom. The summed E-state index contributed by atoms with van der Waals surface area (Å²) in [5.41, 5.74) is 0.317. The number of ether oxygens (including phenoxy) is 1. The van der Waals surface area contributed by atoms with E-state index in [0.29, 0.717) is 16.7 Å². The Bertz CT molecular complexity index is 640. The summed E-state index contributed by atoms with van der Waals surface area (Å²) in [5, 5.41) is 0.617. The molecule has 0 fully saturated rings.